The van der Waals surface area contributed by atoms with Crippen LogP contribution in [0.1, 0.15) is 40.5 Å². The Bertz CT molecular complexity index is 575. The van der Waals surface area contributed by atoms with Gasteiger partial charge in [-0.25, -0.2) is 0 Å². The second kappa shape index (κ2) is 5.10. The molecule has 0 spiro atoms. The van der Waals surface area contributed by atoms with Crippen molar-refractivity contribution < 1.29 is 0 Å². The fourth-order valence-corrected chi connectivity index (χ4v) is 7.17. The molecule has 1 saturated heterocycles. The van der Waals surface area contributed by atoms with Crippen LogP contribution in [0.5, 0.6) is 0 Å². The van der Waals surface area contributed by atoms with E-state index in [4.69, 9.17) is 0 Å². The van der Waals surface area contributed by atoms with Crippen molar-refractivity contribution in [3.8, 4) is 0 Å². The van der Waals surface area contributed by atoms with Crippen LogP contribution in [-0.2, 0) is 0 Å². The molecule has 3 rings (SSSR count). The monoisotopic (exact) mass is 311 g/mol. The number of hydrogen-bond acceptors (Lipinski definition) is 1. The molecule has 1 nitrogen and oxygen atoms in total. The van der Waals surface area contributed by atoms with E-state index in [0.29, 0.717) is 23.2 Å². The zero-order valence-electron chi connectivity index (χ0n) is 15.1. The van der Waals surface area contributed by atoms with E-state index < -0.39 is 8.24 Å². The highest BCUT2D eigenvalue weighted by molar-refractivity contribution is 6.93. The molecule has 22 heavy (non-hydrogen) atoms. The van der Waals surface area contributed by atoms with Crippen molar-refractivity contribution in [3.05, 3.63) is 42.5 Å². The molecule has 1 fully saturated rings. The Morgan fingerprint density at radius 1 is 1.18 bits per heavy atom. The molecule has 1 heterocycles. The van der Waals surface area contributed by atoms with Crippen LogP contribution < -0.4 is 5.46 Å². The van der Waals surface area contributed by atoms with Gasteiger partial charge in [0.1, 0.15) is 8.24 Å². The molecule has 2 aliphatic rings. The van der Waals surface area contributed by atoms with E-state index in [-0.39, 0.29) is 0 Å². The first kappa shape index (κ1) is 16.1. The highest BCUT2D eigenvalue weighted by Gasteiger charge is 2.68. The molecule has 1 aromatic rings. The minimum Gasteiger partial charge on any atom is -0.354 e. The largest absolute Gasteiger partial charge is 0.354 e. The zero-order chi connectivity index (χ0) is 16.2. The van der Waals surface area contributed by atoms with Crippen molar-refractivity contribution in [2.24, 2.45) is 0 Å². The molecule has 0 amide bonds. The molecule has 0 radical (unpaired) electrons. The van der Waals surface area contributed by atoms with Gasteiger partial charge in [0.15, 0.2) is 0 Å². The summed E-state index contributed by atoms with van der Waals surface area (Å²) in [7, 11) is -1.51. The van der Waals surface area contributed by atoms with Crippen LogP contribution in [0.2, 0.25) is 23.4 Å². The Kier molecular flexibility index (Phi) is 3.73. The Hall–Kier alpha value is -0.798. The molecule has 0 unspecified atom stereocenters. The van der Waals surface area contributed by atoms with Gasteiger partial charge in [0, 0.05) is 11.4 Å². The van der Waals surface area contributed by atoms with Crippen molar-refractivity contribution in [3.63, 3.8) is 0 Å². The fraction of sp³-hybridized carbons (Fsp3) is 0.579. The summed E-state index contributed by atoms with van der Waals surface area (Å²) in [5.41, 5.74) is 1.52. The molecular formula is C19H30BNSi. The highest BCUT2D eigenvalue weighted by Crippen LogP contribution is 2.63. The lowest BCUT2D eigenvalue weighted by atomic mass is 9.25. The Labute approximate surface area is 138 Å². The lowest BCUT2D eigenvalue weighted by Gasteiger charge is -2.71. The van der Waals surface area contributed by atoms with Gasteiger partial charge < -0.3 is 4.48 Å². The molecule has 1 aromatic carbocycles. The van der Waals surface area contributed by atoms with Gasteiger partial charge >= 0.3 is 0 Å². The van der Waals surface area contributed by atoms with Gasteiger partial charge in [-0.15, -0.1) is 0 Å². The molecular weight excluding hydrogens is 281 g/mol. The van der Waals surface area contributed by atoms with Crippen LogP contribution in [0.4, 0.5) is 0 Å². The van der Waals surface area contributed by atoms with E-state index in [2.05, 4.69) is 87.7 Å². The first-order chi connectivity index (χ1) is 10.3. The summed E-state index contributed by atoms with van der Waals surface area (Å²) in [6.07, 6.45) is 7.58. The first-order valence-corrected chi connectivity index (χ1v) is 11.7. The van der Waals surface area contributed by atoms with Crippen LogP contribution in [0.25, 0.3) is 0 Å². The quantitative estimate of drug-likeness (QED) is 0.576. The van der Waals surface area contributed by atoms with E-state index in [9.17, 15) is 0 Å². The van der Waals surface area contributed by atoms with Gasteiger partial charge in [0.2, 0.25) is 0 Å². The molecule has 0 bridgehead atoms. The average molecular weight is 311 g/mol. The van der Waals surface area contributed by atoms with E-state index in [1.807, 2.05) is 0 Å². The van der Waals surface area contributed by atoms with Crippen molar-refractivity contribution >= 4 is 20.5 Å². The summed E-state index contributed by atoms with van der Waals surface area (Å²) in [6.45, 7) is 15.3. The standard InChI is InChI=1S/C19H30BNSi/c1-7-14-19-15-13-17(19)21(22(5,6)18(2,3)4)20(19)16-11-9-8-10-12-16/h8-13,15,17H,7,14H2,1-6H3/t17-,19+/m1/s1. The summed E-state index contributed by atoms with van der Waals surface area (Å²) >= 11 is 0. The molecule has 118 valence electrons. The molecule has 3 heteroatoms. The van der Waals surface area contributed by atoms with E-state index in [0.717, 1.165) is 0 Å². The molecule has 1 aliphatic carbocycles. The Balaban J connectivity index is 2.03. The fourth-order valence-electron chi connectivity index (χ4n) is 4.34. The van der Waals surface area contributed by atoms with Crippen LogP contribution in [0, 0.1) is 0 Å². The van der Waals surface area contributed by atoms with Crippen molar-refractivity contribution in [2.75, 3.05) is 0 Å². The second-order valence-electron chi connectivity index (χ2n) is 8.70. The summed E-state index contributed by atoms with van der Waals surface area (Å²) in [6, 6.07) is 11.9. The number of hydrogen-bond donors (Lipinski definition) is 0. The normalized spacial score (nSPS) is 28.1. The van der Waals surface area contributed by atoms with Crippen LogP contribution in [-0.4, -0.2) is 25.6 Å². The Morgan fingerprint density at radius 3 is 2.27 bits per heavy atom. The third-order valence-corrected chi connectivity index (χ3v) is 12.0. The van der Waals surface area contributed by atoms with Crippen molar-refractivity contribution in [2.45, 2.75) is 70.0 Å². The smallest absolute Gasteiger partial charge is 0.263 e. The lowest BCUT2D eigenvalue weighted by molar-refractivity contribution is 0.276. The average Bonchev–Trinajstić information content (AvgIpc) is 2.44. The van der Waals surface area contributed by atoms with Crippen LogP contribution in [0.3, 0.4) is 0 Å². The molecule has 2 atom stereocenters. The van der Waals surface area contributed by atoms with Gasteiger partial charge in [-0.3, -0.25) is 0 Å². The SMILES string of the molecule is CCC[C@]12C=C[C@H]1N([Si](C)(C)C(C)(C)C)B2c1ccccc1. The molecule has 0 saturated carbocycles. The third-order valence-electron chi connectivity index (χ3n) is 6.51. The first-order valence-electron chi connectivity index (χ1n) is 8.78. The van der Waals surface area contributed by atoms with Gasteiger partial charge in [-0.05, 0) is 11.5 Å². The summed E-state index contributed by atoms with van der Waals surface area (Å²) in [5, 5.41) is 0.799. The second-order valence-corrected chi connectivity index (χ2v) is 13.8. The molecule has 0 N–H and O–H groups in total. The van der Waals surface area contributed by atoms with Gasteiger partial charge in [-0.2, -0.15) is 0 Å². The number of benzene rings is 1. The highest BCUT2D eigenvalue weighted by atomic mass is 28.3. The number of nitrogens with zero attached hydrogens (tertiary/aromatic N) is 1. The van der Waals surface area contributed by atoms with E-state index in [1.54, 1.807) is 0 Å². The maximum absolute atomic E-state index is 2.91. The summed E-state index contributed by atoms with van der Waals surface area (Å²) in [4.78, 5) is 0. The molecule has 1 aliphatic heterocycles. The molecule has 0 aromatic heterocycles. The Morgan fingerprint density at radius 2 is 1.82 bits per heavy atom. The van der Waals surface area contributed by atoms with Gasteiger partial charge in [0.25, 0.3) is 6.85 Å². The maximum atomic E-state index is 2.91. The zero-order valence-corrected chi connectivity index (χ0v) is 16.1. The van der Waals surface area contributed by atoms with E-state index >= 15 is 0 Å². The third kappa shape index (κ3) is 2.01. The van der Waals surface area contributed by atoms with Gasteiger partial charge in [0.05, 0.1) is 0 Å². The van der Waals surface area contributed by atoms with Crippen molar-refractivity contribution in [1.29, 1.82) is 0 Å². The summed E-state index contributed by atoms with van der Waals surface area (Å²) < 4.78 is 2.91. The minimum atomic E-state index is -1.51. The van der Waals surface area contributed by atoms with E-state index in [1.165, 1.54) is 18.3 Å². The van der Waals surface area contributed by atoms with Crippen molar-refractivity contribution in [1.82, 2.24) is 4.48 Å². The van der Waals surface area contributed by atoms with Gasteiger partial charge in [-0.1, -0.05) is 95.2 Å². The predicted molar refractivity (Wildman–Crippen MR) is 101 cm³/mol. The minimum absolute atomic E-state index is 0.391. The number of rotatable bonds is 4. The lowest BCUT2D eigenvalue weighted by Crippen LogP contribution is -2.83. The maximum Gasteiger partial charge on any atom is 0.263 e. The topological polar surface area (TPSA) is 3.24 Å². The predicted octanol–water partition coefficient (Wildman–Crippen LogP) is 4.68. The van der Waals surface area contributed by atoms with Crippen LogP contribution >= 0.6 is 0 Å². The van der Waals surface area contributed by atoms with Crippen LogP contribution in [0.15, 0.2) is 42.5 Å². The number of fused-ring (bicyclic) bond motifs is 1. The summed E-state index contributed by atoms with van der Waals surface area (Å²) in [5.74, 6) is 0.